The first-order valence-electron chi connectivity index (χ1n) is 5.73. The first kappa shape index (κ1) is 11.8. The van der Waals surface area contributed by atoms with E-state index >= 15 is 0 Å². The van der Waals surface area contributed by atoms with E-state index in [0.717, 1.165) is 11.3 Å². The van der Waals surface area contributed by atoms with Crippen molar-refractivity contribution in [3.05, 3.63) is 23.8 Å². The second-order valence-corrected chi connectivity index (χ2v) is 5.31. The highest BCUT2D eigenvalue weighted by atomic mass is 16.6. The maximum Gasteiger partial charge on any atom is 0.315 e. The van der Waals surface area contributed by atoms with Gasteiger partial charge in [-0.25, -0.2) is 0 Å². The minimum Gasteiger partial charge on any atom is -0.459 e. The number of carbonyl (C=O) groups is 1. The number of hydrogen-bond acceptors (Lipinski definition) is 4. The van der Waals surface area contributed by atoms with Gasteiger partial charge < -0.3 is 15.8 Å². The Bertz CT molecular complexity index is 449. The fraction of sp³-hybridized carbons (Fsp3) is 0.462. The van der Waals surface area contributed by atoms with Gasteiger partial charge in [0.1, 0.15) is 11.5 Å². The highest BCUT2D eigenvalue weighted by molar-refractivity contribution is 5.85. The summed E-state index contributed by atoms with van der Waals surface area (Å²) in [5.74, 6) is -0.456. The second-order valence-electron chi connectivity index (χ2n) is 5.31. The maximum atomic E-state index is 12.0. The van der Waals surface area contributed by atoms with Crippen molar-refractivity contribution in [2.24, 2.45) is 0 Å². The van der Waals surface area contributed by atoms with E-state index < -0.39 is 5.60 Å². The van der Waals surface area contributed by atoms with Gasteiger partial charge in [0, 0.05) is 17.9 Å². The van der Waals surface area contributed by atoms with Gasteiger partial charge in [-0.3, -0.25) is 4.79 Å². The fourth-order valence-corrected chi connectivity index (χ4v) is 1.94. The summed E-state index contributed by atoms with van der Waals surface area (Å²) in [5.41, 5.74) is 7.85. The highest BCUT2D eigenvalue weighted by Gasteiger charge is 2.32. The molecule has 0 aliphatic carbocycles. The Morgan fingerprint density at radius 3 is 2.82 bits per heavy atom. The van der Waals surface area contributed by atoms with Gasteiger partial charge >= 0.3 is 5.97 Å². The molecule has 1 atom stereocenters. The minimum absolute atomic E-state index is 0.200. The number of nitrogens with two attached hydrogens (primary N) is 1. The van der Waals surface area contributed by atoms with E-state index in [1.165, 1.54) is 0 Å². The van der Waals surface area contributed by atoms with E-state index in [9.17, 15) is 4.79 Å². The summed E-state index contributed by atoms with van der Waals surface area (Å²) in [6.45, 7) is 6.18. The number of ether oxygens (including phenoxy) is 1. The van der Waals surface area contributed by atoms with E-state index in [4.69, 9.17) is 10.5 Å². The lowest BCUT2D eigenvalue weighted by Gasteiger charge is -2.22. The van der Waals surface area contributed by atoms with Crippen LogP contribution in [0.4, 0.5) is 11.4 Å². The Balaban J connectivity index is 2.22. The van der Waals surface area contributed by atoms with Crippen molar-refractivity contribution >= 4 is 17.3 Å². The molecule has 1 aliphatic rings. The molecule has 3 N–H and O–H groups in total. The molecule has 0 bridgehead atoms. The van der Waals surface area contributed by atoms with Crippen molar-refractivity contribution in [2.75, 3.05) is 17.6 Å². The largest absolute Gasteiger partial charge is 0.459 e. The van der Waals surface area contributed by atoms with Crippen molar-refractivity contribution in [3.8, 4) is 0 Å². The van der Waals surface area contributed by atoms with Gasteiger partial charge in [-0.05, 0) is 44.5 Å². The van der Waals surface area contributed by atoms with Crippen molar-refractivity contribution < 1.29 is 9.53 Å². The number of nitrogens with one attached hydrogen (secondary N) is 1. The molecule has 4 nitrogen and oxygen atoms in total. The Labute approximate surface area is 101 Å². The zero-order chi connectivity index (χ0) is 12.6. The molecule has 0 spiro atoms. The highest BCUT2D eigenvalue weighted by Crippen LogP contribution is 2.34. The molecule has 0 aromatic heterocycles. The van der Waals surface area contributed by atoms with Crippen LogP contribution in [0, 0.1) is 0 Å². The summed E-state index contributed by atoms with van der Waals surface area (Å²) >= 11 is 0. The van der Waals surface area contributed by atoms with Crippen molar-refractivity contribution in [1.82, 2.24) is 0 Å². The third-order valence-electron chi connectivity index (χ3n) is 2.64. The monoisotopic (exact) mass is 234 g/mol. The number of nitrogen functional groups attached to an aromatic ring is 1. The number of rotatable bonds is 1. The van der Waals surface area contributed by atoms with Gasteiger partial charge in [0.05, 0.1) is 0 Å². The van der Waals surface area contributed by atoms with Gasteiger partial charge in [0.15, 0.2) is 0 Å². The normalized spacial score (nSPS) is 18.4. The molecule has 17 heavy (non-hydrogen) atoms. The number of fused-ring (bicyclic) bond motifs is 1. The molecule has 1 aliphatic heterocycles. The van der Waals surface area contributed by atoms with Gasteiger partial charge in [-0.1, -0.05) is 0 Å². The molecule has 0 saturated carbocycles. The molecule has 1 aromatic carbocycles. The van der Waals surface area contributed by atoms with E-state index in [1.54, 1.807) is 0 Å². The van der Waals surface area contributed by atoms with Crippen LogP contribution in [0.3, 0.4) is 0 Å². The van der Waals surface area contributed by atoms with Crippen LogP contribution in [0.25, 0.3) is 0 Å². The van der Waals surface area contributed by atoms with Gasteiger partial charge in [-0.15, -0.1) is 0 Å². The average molecular weight is 234 g/mol. The van der Waals surface area contributed by atoms with Crippen LogP contribution in [0.1, 0.15) is 32.3 Å². The maximum absolute atomic E-state index is 12.0. The molecule has 0 saturated heterocycles. The third kappa shape index (κ3) is 2.52. The van der Waals surface area contributed by atoms with Crippen LogP contribution in [-0.2, 0) is 9.53 Å². The lowest BCUT2D eigenvalue weighted by Crippen LogP contribution is -2.28. The van der Waals surface area contributed by atoms with E-state index in [2.05, 4.69) is 5.32 Å². The Kier molecular flexibility index (Phi) is 2.73. The third-order valence-corrected chi connectivity index (χ3v) is 2.64. The van der Waals surface area contributed by atoms with Crippen molar-refractivity contribution in [3.63, 3.8) is 0 Å². The van der Waals surface area contributed by atoms with Crippen LogP contribution in [-0.4, -0.2) is 18.1 Å². The summed E-state index contributed by atoms with van der Waals surface area (Å²) in [6, 6.07) is 5.56. The van der Waals surface area contributed by atoms with E-state index in [1.807, 2.05) is 39.0 Å². The van der Waals surface area contributed by atoms with Crippen molar-refractivity contribution in [1.29, 1.82) is 0 Å². The SMILES string of the molecule is CC(C)(C)OC(=O)C1CNc2ccc(N)cc21. The van der Waals surface area contributed by atoms with Gasteiger partial charge in [-0.2, -0.15) is 0 Å². The molecule has 0 amide bonds. The first-order valence-corrected chi connectivity index (χ1v) is 5.73. The topological polar surface area (TPSA) is 64.3 Å². The molecule has 0 fully saturated rings. The molecular formula is C13H18N2O2. The predicted octanol–water partition coefficient (Wildman–Crippen LogP) is 2.12. The number of carbonyl (C=O) groups excluding carboxylic acids is 1. The zero-order valence-corrected chi connectivity index (χ0v) is 10.4. The standard InChI is InChI=1S/C13H18N2O2/c1-13(2,3)17-12(16)10-7-15-11-5-4-8(14)6-9(10)11/h4-6,10,15H,7,14H2,1-3H3. The number of hydrogen-bond donors (Lipinski definition) is 2. The number of benzene rings is 1. The van der Waals surface area contributed by atoms with Gasteiger partial charge in [0.2, 0.25) is 0 Å². The zero-order valence-electron chi connectivity index (χ0n) is 10.4. The van der Waals surface area contributed by atoms with E-state index in [0.29, 0.717) is 12.2 Å². The Morgan fingerprint density at radius 2 is 2.18 bits per heavy atom. The van der Waals surface area contributed by atoms with Crippen LogP contribution in [0.2, 0.25) is 0 Å². The molecule has 0 radical (unpaired) electrons. The Hall–Kier alpha value is -1.71. The molecule has 4 heteroatoms. The number of esters is 1. The average Bonchev–Trinajstić information content (AvgIpc) is 2.57. The summed E-state index contributed by atoms with van der Waals surface area (Å²) < 4.78 is 5.40. The van der Waals surface area contributed by atoms with Crippen LogP contribution in [0.15, 0.2) is 18.2 Å². The molecule has 1 unspecified atom stereocenters. The number of anilines is 2. The summed E-state index contributed by atoms with van der Waals surface area (Å²) in [6.07, 6.45) is 0. The van der Waals surface area contributed by atoms with Crippen molar-refractivity contribution in [2.45, 2.75) is 32.3 Å². The minimum atomic E-state index is -0.458. The van der Waals surface area contributed by atoms with Crippen LogP contribution in [0.5, 0.6) is 0 Å². The van der Waals surface area contributed by atoms with Gasteiger partial charge in [0.25, 0.3) is 0 Å². The molecule has 1 aromatic rings. The van der Waals surface area contributed by atoms with Crippen LogP contribution >= 0.6 is 0 Å². The smallest absolute Gasteiger partial charge is 0.315 e. The fourth-order valence-electron chi connectivity index (χ4n) is 1.94. The molecular weight excluding hydrogens is 216 g/mol. The summed E-state index contributed by atoms with van der Waals surface area (Å²) in [7, 11) is 0. The second kappa shape index (κ2) is 3.95. The first-order chi connectivity index (χ1) is 7.87. The van der Waals surface area contributed by atoms with Crippen LogP contribution < -0.4 is 11.1 Å². The summed E-state index contributed by atoms with van der Waals surface area (Å²) in [4.78, 5) is 12.0. The van der Waals surface area contributed by atoms with E-state index in [-0.39, 0.29) is 11.9 Å². The lowest BCUT2D eigenvalue weighted by atomic mass is 10.0. The molecule has 2 rings (SSSR count). The summed E-state index contributed by atoms with van der Waals surface area (Å²) in [5, 5.41) is 3.19. The quantitative estimate of drug-likeness (QED) is 0.577. The Morgan fingerprint density at radius 1 is 1.47 bits per heavy atom. The lowest BCUT2D eigenvalue weighted by molar-refractivity contribution is -0.156. The molecule has 92 valence electrons. The predicted molar refractivity (Wildman–Crippen MR) is 67.9 cm³/mol. The molecule has 1 heterocycles.